The van der Waals surface area contributed by atoms with E-state index in [9.17, 15) is 78.3 Å². The van der Waals surface area contributed by atoms with Crippen molar-refractivity contribution in [2.75, 3.05) is 11.5 Å². The van der Waals surface area contributed by atoms with Crippen LogP contribution in [0.5, 0.6) is 0 Å². The Bertz CT molecular complexity index is 1700. The maximum atomic E-state index is 13.5. The van der Waals surface area contributed by atoms with Gasteiger partial charge in [0.2, 0.25) is 11.8 Å². The molecule has 6 atom stereocenters. The van der Waals surface area contributed by atoms with E-state index >= 15 is 0 Å². The molecule has 0 aliphatic carbocycles. The van der Waals surface area contributed by atoms with Crippen molar-refractivity contribution in [3.05, 3.63) is 35.9 Å². The highest BCUT2D eigenvalue weighted by Crippen LogP contribution is 2.23. The summed E-state index contributed by atoms with van der Waals surface area (Å²) < 4.78 is 0. The lowest BCUT2D eigenvalue weighted by Gasteiger charge is -2.22. The number of ketones is 2. The zero-order valence-corrected chi connectivity index (χ0v) is 34.2. The lowest BCUT2D eigenvalue weighted by atomic mass is 9.90. The maximum Gasteiger partial charge on any atom is 0.327 e. The number of urea groups is 1. The molecule has 10 N–H and O–H groups in total. The number of hydrogen-bond donors (Lipinski definition) is 10. The molecule has 0 saturated carbocycles. The van der Waals surface area contributed by atoms with Gasteiger partial charge in [0.15, 0.2) is 5.78 Å². The number of nitrogens with one attached hydrogen (secondary N) is 4. The fourth-order valence-electron chi connectivity index (χ4n) is 5.39. The average molecular weight is 887 g/mol. The summed E-state index contributed by atoms with van der Waals surface area (Å²) in [7, 11) is 2.67. The quantitative estimate of drug-likeness (QED) is 0.0361. The van der Waals surface area contributed by atoms with Crippen LogP contribution in [0, 0.1) is 11.8 Å². The van der Waals surface area contributed by atoms with Crippen LogP contribution >= 0.6 is 21.6 Å². The van der Waals surface area contributed by atoms with Gasteiger partial charge in [0, 0.05) is 49.5 Å². The predicted molar refractivity (Wildman–Crippen MR) is 213 cm³/mol. The van der Waals surface area contributed by atoms with Crippen LogP contribution < -0.4 is 21.3 Å². The van der Waals surface area contributed by atoms with Crippen molar-refractivity contribution in [1.82, 2.24) is 21.3 Å². The van der Waals surface area contributed by atoms with Crippen molar-refractivity contribution in [2.24, 2.45) is 11.8 Å². The number of aliphatic carboxylic acids is 6. The Hall–Kier alpha value is -5.71. The van der Waals surface area contributed by atoms with Crippen molar-refractivity contribution in [1.29, 1.82) is 0 Å². The molecule has 0 fully saturated rings. The van der Waals surface area contributed by atoms with Crippen LogP contribution in [-0.4, -0.2) is 132 Å². The minimum absolute atomic E-state index is 0.0203. The fourth-order valence-corrected chi connectivity index (χ4v) is 7.68. The van der Waals surface area contributed by atoms with E-state index in [0.717, 1.165) is 12.2 Å². The first kappa shape index (κ1) is 52.3. The summed E-state index contributed by atoms with van der Waals surface area (Å²) in [6.45, 7) is 1.95. The molecule has 23 heteroatoms. The second kappa shape index (κ2) is 27.9. The highest BCUT2D eigenvalue weighted by Gasteiger charge is 2.33. The number of rotatable bonds is 32. The van der Waals surface area contributed by atoms with Crippen molar-refractivity contribution >= 4 is 86.8 Å². The van der Waals surface area contributed by atoms with Gasteiger partial charge in [0.1, 0.15) is 23.9 Å². The van der Waals surface area contributed by atoms with Crippen molar-refractivity contribution in [3.8, 4) is 0 Å². The third kappa shape index (κ3) is 21.9. The number of carbonyl (C=O) groups is 11. The molecular formula is C37H50N4O17S2. The Balaban J connectivity index is 2.97. The SMILES string of the molecule is CCCSSC[C@H](NC(=O)[C@@H](CC(=O)[C@H](CC(=O)O)NC(=O)CC[C@H](CC(=O)CCC(NC(=O)N[C@@H](CCC(=O)O)C(=O)O)C(=O)O)C(=O)O)Cc1ccccc1)C(=O)O. The van der Waals surface area contributed by atoms with E-state index in [4.69, 9.17) is 5.11 Å². The fraction of sp³-hybridized carbons (Fsp3) is 0.541. The first-order valence-corrected chi connectivity index (χ1v) is 21.1. The minimum Gasteiger partial charge on any atom is -0.481 e. The molecule has 1 aromatic rings. The van der Waals surface area contributed by atoms with Gasteiger partial charge in [-0.3, -0.25) is 33.6 Å². The predicted octanol–water partition coefficient (Wildman–Crippen LogP) is 1.42. The number of carbonyl (C=O) groups excluding carboxylic acids is 5. The maximum absolute atomic E-state index is 13.5. The Labute approximate surface area is 351 Å². The third-order valence-electron chi connectivity index (χ3n) is 8.57. The molecule has 60 heavy (non-hydrogen) atoms. The second-order valence-electron chi connectivity index (χ2n) is 13.5. The van der Waals surface area contributed by atoms with E-state index in [-0.39, 0.29) is 12.2 Å². The Morgan fingerprint density at radius 3 is 1.67 bits per heavy atom. The molecule has 0 aliphatic rings. The molecule has 0 bridgehead atoms. The molecule has 0 heterocycles. The van der Waals surface area contributed by atoms with Gasteiger partial charge in [-0.2, -0.15) is 0 Å². The van der Waals surface area contributed by atoms with E-state index in [1.54, 1.807) is 30.3 Å². The zero-order valence-electron chi connectivity index (χ0n) is 32.5. The van der Waals surface area contributed by atoms with Crippen LogP contribution in [0.1, 0.15) is 76.7 Å². The molecule has 0 radical (unpaired) electrons. The summed E-state index contributed by atoms with van der Waals surface area (Å²) in [5, 5.41) is 65.0. The summed E-state index contributed by atoms with van der Waals surface area (Å²) >= 11 is 0. The summed E-state index contributed by atoms with van der Waals surface area (Å²) in [6, 6.07) is 0.736. The molecule has 4 amide bonds. The van der Waals surface area contributed by atoms with E-state index < -0.39 is 159 Å². The Kier molecular flexibility index (Phi) is 24.3. The largest absolute Gasteiger partial charge is 0.481 e. The summed E-state index contributed by atoms with van der Waals surface area (Å²) in [4.78, 5) is 134. The normalized spacial score (nSPS) is 13.8. The zero-order chi connectivity index (χ0) is 45.4. The second-order valence-corrected chi connectivity index (χ2v) is 16.1. The van der Waals surface area contributed by atoms with Gasteiger partial charge in [0.25, 0.3) is 0 Å². The number of hydrogen-bond acceptors (Lipinski definition) is 13. The number of benzene rings is 1. The monoisotopic (exact) mass is 886 g/mol. The van der Waals surface area contributed by atoms with Crippen LogP contribution in [0.2, 0.25) is 0 Å². The molecule has 0 aliphatic heterocycles. The van der Waals surface area contributed by atoms with Gasteiger partial charge in [-0.1, -0.05) is 58.8 Å². The van der Waals surface area contributed by atoms with Crippen molar-refractivity contribution in [2.45, 2.75) is 102 Å². The highest BCUT2D eigenvalue weighted by molar-refractivity contribution is 8.76. The molecule has 1 unspecified atom stereocenters. The molecule has 21 nitrogen and oxygen atoms in total. The average Bonchev–Trinajstić information content (AvgIpc) is 3.16. The first-order chi connectivity index (χ1) is 28.2. The number of carboxylic acid groups (broad SMARTS) is 6. The molecule has 0 spiro atoms. The van der Waals surface area contributed by atoms with Crippen LogP contribution in [0.3, 0.4) is 0 Å². The van der Waals surface area contributed by atoms with Gasteiger partial charge in [-0.05, 0) is 37.7 Å². The highest BCUT2D eigenvalue weighted by atomic mass is 33.1. The topological polar surface area (TPSA) is 357 Å². The summed E-state index contributed by atoms with van der Waals surface area (Å²) in [6.07, 6.45) is -4.77. The van der Waals surface area contributed by atoms with Crippen LogP contribution in [0.15, 0.2) is 30.3 Å². The van der Waals surface area contributed by atoms with E-state index in [1.165, 1.54) is 21.6 Å². The summed E-state index contributed by atoms with van der Waals surface area (Å²) in [5.41, 5.74) is 0.609. The van der Waals surface area contributed by atoms with Gasteiger partial charge >= 0.3 is 41.8 Å². The molecule has 1 rings (SSSR count). The molecule has 1 aromatic carbocycles. The summed E-state index contributed by atoms with van der Waals surface area (Å²) in [5.74, 6) is -14.2. The molecule has 0 aromatic heterocycles. The van der Waals surface area contributed by atoms with Gasteiger partial charge < -0.3 is 51.9 Å². The van der Waals surface area contributed by atoms with Crippen molar-refractivity contribution < 1.29 is 83.4 Å². The third-order valence-corrected chi connectivity index (χ3v) is 11.2. The Morgan fingerprint density at radius 2 is 1.15 bits per heavy atom. The van der Waals surface area contributed by atoms with Crippen LogP contribution in [-0.2, 0) is 54.4 Å². The first-order valence-electron chi connectivity index (χ1n) is 18.6. The smallest absolute Gasteiger partial charge is 0.327 e. The lowest BCUT2D eigenvalue weighted by Crippen LogP contribution is -2.51. The molecule has 0 saturated heterocycles. The van der Waals surface area contributed by atoms with Crippen LogP contribution in [0.4, 0.5) is 4.79 Å². The number of Topliss-reactive ketones (excluding diaryl/α,β-unsaturated/α-hetero) is 2. The number of amides is 4. The van der Waals surface area contributed by atoms with Crippen LogP contribution in [0.25, 0.3) is 0 Å². The standard InChI is InChI=1S/C37H50N4O17S2/c1-2-14-59-60-19-27(36(56)57)39-32(49)22(15-20-6-4-3-5-7-20)17-28(43)26(18-31(47)48)38-29(44)12-8-21(33(50)51)16-23(42)9-10-24(34(52)53)40-37(58)41-25(35(54)55)11-13-30(45)46/h3-7,21-22,24-27H,2,8-19H2,1H3,(H,38,44)(H,39,49)(H,45,46)(H,47,48)(H,50,51)(H,52,53)(H,54,55)(H,56,57)(H2,40,41,58)/t21-,22-,24?,25+,26+,27+/m1/s1. The van der Waals surface area contributed by atoms with E-state index in [0.29, 0.717) is 5.56 Å². The van der Waals surface area contributed by atoms with Gasteiger partial charge in [-0.25, -0.2) is 19.2 Å². The van der Waals surface area contributed by atoms with Gasteiger partial charge in [0.05, 0.1) is 18.4 Å². The number of carboxylic acids is 6. The van der Waals surface area contributed by atoms with E-state index in [1.807, 2.05) is 17.6 Å². The molecule has 332 valence electrons. The van der Waals surface area contributed by atoms with E-state index in [2.05, 4.69) is 10.6 Å². The lowest BCUT2D eigenvalue weighted by molar-refractivity contribution is -0.145. The van der Waals surface area contributed by atoms with Gasteiger partial charge in [-0.15, -0.1) is 0 Å². The minimum atomic E-state index is -1.74. The van der Waals surface area contributed by atoms with Crippen molar-refractivity contribution in [3.63, 3.8) is 0 Å². The molecular weight excluding hydrogens is 837 g/mol. The Morgan fingerprint density at radius 1 is 0.567 bits per heavy atom.